The van der Waals surface area contributed by atoms with Crippen molar-refractivity contribution in [3.63, 3.8) is 0 Å². The van der Waals surface area contributed by atoms with Crippen molar-refractivity contribution in [2.24, 2.45) is 14.1 Å². The Labute approximate surface area is 183 Å². The van der Waals surface area contributed by atoms with Crippen LogP contribution in [-0.4, -0.2) is 75.2 Å². The molecular weight excluding hydrogens is 418 g/mol. The number of hydrogen-bond donors (Lipinski definition) is 0. The van der Waals surface area contributed by atoms with E-state index in [4.69, 9.17) is 9.15 Å². The fourth-order valence-corrected chi connectivity index (χ4v) is 4.06. The molecular formula is C21H25N5O6. The number of amides is 2. The molecule has 32 heavy (non-hydrogen) atoms. The van der Waals surface area contributed by atoms with Crippen LogP contribution >= 0.6 is 0 Å². The molecule has 0 radical (unpaired) electrons. The number of fused-ring (bicyclic) bond motifs is 1. The number of rotatable bonds is 5. The third kappa shape index (κ3) is 3.54. The molecule has 0 aliphatic carbocycles. The number of hydrogen-bond acceptors (Lipinski definition) is 6. The van der Waals surface area contributed by atoms with E-state index in [1.165, 1.54) is 23.9 Å². The lowest BCUT2D eigenvalue weighted by Crippen LogP contribution is -2.50. The largest absolute Gasteiger partial charge is 0.459 e. The fourth-order valence-electron chi connectivity index (χ4n) is 4.06. The maximum Gasteiger partial charge on any atom is 0.332 e. The Bertz CT molecular complexity index is 1270. The molecule has 0 saturated carbocycles. The van der Waals surface area contributed by atoms with Gasteiger partial charge in [0.25, 0.3) is 17.4 Å². The van der Waals surface area contributed by atoms with Gasteiger partial charge >= 0.3 is 5.69 Å². The maximum atomic E-state index is 13.4. The second kappa shape index (κ2) is 8.50. The third-order valence-corrected chi connectivity index (χ3v) is 5.82. The molecule has 0 spiro atoms. The van der Waals surface area contributed by atoms with Crippen LogP contribution in [0.25, 0.3) is 11.0 Å². The van der Waals surface area contributed by atoms with Crippen LogP contribution in [0.4, 0.5) is 0 Å². The lowest BCUT2D eigenvalue weighted by Gasteiger charge is -2.34. The van der Waals surface area contributed by atoms with Crippen molar-refractivity contribution >= 4 is 22.8 Å². The Hall–Kier alpha value is -3.60. The molecule has 3 aromatic rings. The molecule has 0 unspecified atom stereocenters. The molecule has 4 rings (SSSR count). The quantitative estimate of drug-likeness (QED) is 0.543. The van der Waals surface area contributed by atoms with Crippen LogP contribution in [0.1, 0.15) is 21.0 Å². The highest BCUT2D eigenvalue weighted by Crippen LogP contribution is 2.19. The monoisotopic (exact) mass is 443 g/mol. The molecule has 0 atom stereocenters. The number of carbonyl (C=O) groups is 2. The first-order chi connectivity index (χ1) is 15.3. The summed E-state index contributed by atoms with van der Waals surface area (Å²) < 4.78 is 14.4. The molecule has 170 valence electrons. The highest BCUT2D eigenvalue weighted by atomic mass is 16.5. The first kappa shape index (κ1) is 21.6. The molecule has 1 fully saturated rings. The summed E-state index contributed by atoms with van der Waals surface area (Å²) in [6, 6.07) is 4.80. The van der Waals surface area contributed by atoms with Crippen LogP contribution in [0.15, 0.2) is 38.5 Å². The zero-order chi connectivity index (χ0) is 23.0. The zero-order valence-corrected chi connectivity index (χ0v) is 18.2. The van der Waals surface area contributed by atoms with Gasteiger partial charge in [-0.05, 0) is 18.2 Å². The Kier molecular flexibility index (Phi) is 5.74. The van der Waals surface area contributed by atoms with E-state index in [1.54, 1.807) is 40.7 Å². The first-order valence-corrected chi connectivity index (χ1v) is 10.3. The minimum absolute atomic E-state index is 0.213. The van der Waals surface area contributed by atoms with Gasteiger partial charge in [-0.1, -0.05) is 0 Å². The number of carbonyl (C=O) groups excluding carboxylic acids is 2. The van der Waals surface area contributed by atoms with E-state index in [9.17, 15) is 19.2 Å². The Morgan fingerprint density at radius 2 is 1.69 bits per heavy atom. The molecule has 0 bridgehead atoms. The van der Waals surface area contributed by atoms with E-state index in [-0.39, 0.29) is 17.6 Å². The van der Waals surface area contributed by atoms with E-state index < -0.39 is 11.2 Å². The second-order valence-electron chi connectivity index (χ2n) is 7.68. The SMILES string of the molecule is COCCn1c(C(=O)N2CCN(C(=O)c3ccco3)CC2)cc2c(=O)n(C)c(=O)n(C)c21. The predicted molar refractivity (Wildman–Crippen MR) is 115 cm³/mol. The van der Waals surface area contributed by atoms with Crippen molar-refractivity contribution in [2.45, 2.75) is 6.54 Å². The molecule has 4 heterocycles. The number of aryl methyl sites for hydroxylation is 1. The molecule has 11 nitrogen and oxygen atoms in total. The van der Waals surface area contributed by atoms with Gasteiger partial charge in [0.2, 0.25) is 0 Å². The Morgan fingerprint density at radius 3 is 2.28 bits per heavy atom. The van der Waals surface area contributed by atoms with Crippen LogP contribution in [0.2, 0.25) is 0 Å². The molecule has 0 N–H and O–H groups in total. The summed E-state index contributed by atoms with van der Waals surface area (Å²) >= 11 is 0. The van der Waals surface area contributed by atoms with E-state index in [1.807, 2.05) is 0 Å². The minimum Gasteiger partial charge on any atom is -0.459 e. The van der Waals surface area contributed by atoms with Crippen molar-refractivity contribution in [3.05, 3.63) is 56.8 Å². The predicted octanol–water partition coefficient (Wildman–Crippen LogP) is -0.124. The van der Waals surface area contributed by atoms with E-state index in [0.717, 1.165) is 4.57 Å². The first-order valence-electron chi connectivity index (χ1n) is 10.3. The minimum atomic E-state index is -0.469. The number of methoxy groups -OCH3 is 1. The number of piperazine rings is 1. The molecule has 1 aliphatic rings. The average Bonchev–Trinajstić information content (AvgIpc) is 3.47. The smallest absolute Gasteiger partial charge is 0.332 e. The highest BCUT2D eigenvalue weighted by molar-refractivity contribution is 5.98. The standard InChI is InChI=1S/C21H25N5O6/c1-22-17-14(18(27)23(2)21(22)30)13-15(26(17)10-12-31-3)19(28)24-6-8-25(9-7-24)20(29)16-5-4-11-32-16/h4-5,11,13H,6-10,12H2,1-3H3. The van der Waals surface area contributed by atoms with Crippen LogP contribution in [0, 0.1) is 0 Å². The van der Waals surface area contributed by atoms with Gasteiger partial charge in [-0.2, -0.15) is 0 Å². The summed E-state index contributed by atoms with van der Waals surface area (Å²) in [5.41, 5.74) is -0.239. The lowest BCUT2D eigenvalue weighted by molar-refractivity contribution is 0.0512. The van der Waals surface area contributed by atoms with Crippen LogP contribution < -0.4 is 11.2 Å². The van der Waals surface area contributed by atoms with Crippen molar-refractivity contribution in [1.29, 1.82) is 0 Å². The average molecular weight is 443 g/mol. The lowest BCUT2D eigenvalue weighted by atomic mass is 10.2. The summed E-state index contributed by atoms with van der Waals surface area (Å²) in [6.45, 7) is 2.02. The Balaban J connectivity index is 1.64. The van der Waals surface area contributed by atoms with Crippen LogP contribution in [0.5, 0.6) is 0 Å². The molecule has 2 amide bonds. The normalized spacial score (nSPS) is 14.3. The van der Waals surface area contributed by atoms with Crippen LogP contribution in [-0.2, 0) is 25.4 Å². The number of nitrogens with zero attached hydrogens (tertiary/aromatic N) is 5. The maximum absolute atomic E-state index is 13.4. The van der Waals surface area contributed by atoms with Gasteiger partial charge in [0.15, 0.2) is 5.76 Å². The summed E-state index contributed by atoms with van der Waals surface area (Å²) in [6.07, 6.45) is 1.45. The van der Waals surface area contributed by atoms with Crippen molar-refractivity contribution in [1.82, 2.24) is 23.5 Å². The molecule has 0 aromatic carbocycles. The molecule has 11 heteroatoms. The zero-order valence-electron chi connectivity index (χ0n) is 18.2. The van der Waals surface area contributed by atoms with Crippen LogP contribution in [0.3, 0.4) is 0 Å². The number of aromatic nitrogens is 3. The van der Waals surface area contributed by atoms with Crippen molar-refractivity contribution in [2.75, 3.05) is 39.9 Å². The highest BCUT2D eigenvalue weighted by Gasteiger charge is 2.29. The van der Waals surface area contributed by atoms with Gasteiger partial charge in [-0.15, -0.1) is 0 Å². The van der Waals surface area contributed by atoms with Crippen molar-refractivity contribution < 1.29 is 18.7 Å². The van der Waals surface area contributed by atoms with Crippen molar-refractivity contribution in [3.8, 4) is 0 Å². The molecule has 1 aliphatic heterocycles. The van der Waals surface area contributed by atoms with E-state index in [2.05, 4.69) is 0 Å². The summed E-state index contributed by atoms with van der Waals surface area (Å²) in [5.74, 6) is -0.215. The van der Waals surface area contributed by atoms with E-state index in [0.29, 0.717) is 56.1 Å². The van der Waals surface area contributed by atoms with Gasteiger partial charge < -0.3 is 23.5 Å². The van der Waals surface area contributed by atoms with Gasteiger partial charge in [-0.25, -0.2) is 4.79 Å². The topological polar surface area (TPSA) is 112 Å². The van der Waals surface area contributed by atoms with Gasteiger partial charge in [0, 0.05) is 53.9 Å². The fraction of sp³-hybridized carbons (Fsp3) is 0.429. The summed E-state index contributed by atoms with van der Waals surface area (Å²) in [5, 5.41) is 0.292. The van der Waals surface area contributed by atoms with E-state index >= 15 is 0 Å². The number of furan rings is 1. The molecule has 1 saturated heterocycles. The Morgan fingerprint density at radius 1 is 1.03 bits per heavy atom. The summed E-state index contributed by atoms with van der Waals surface area (Å²) in [4.78, 5) is 54.3. The summed E-state index contributed by atoms with van der Waals surface area (Å²) in [7, 11) is 4.52. The van der Waals surface area contributed by atoms with Gasteiger partial charge in [0.05, 0.1) is 18.3 Å². The molecule has 3 aromatic heterocycles. The second-order valence-corrected chi connectivity index (χ2v) is 7.68. The third-order valence-electron chi connectivity index (χ3n) is 5.82. The van der Waals surface area contributed by atoms with Gasteiger partial charge in [0.1, 0.15) is 11.3 Å². The van der Waals surface area contributed by atoms with Gasteiger partial charge in [-0.3, -0.25) is 23.5 Å². The number of ether oxygens (including phenoxy) is 1.